The Kier molecular flexibility index (Phi) is 6.11. The van der Waals surface area contributed by atoms with Crippen molar-refractivity contribution in [1.29, 1.82) is 0 Å². The third kappa shape index (κ3) is 3.53. The number of amides is 3. The molecule has 152 valence electrons. The topological polar surface area (TPSA) is 71.1 Å². The minimum atomic E-state index is -0.558. The number of nitrogens with zero attached hydrogens (tertiary/aromatic N) is 2. The molecule has 1 atom stereocenters. The number of ether oxygens (including phenoxy) is 2. The Labute approximate surface area is 166 Å². The van der Waals surface area contributed by atoms with Crippen molar-refractivity contribution >= 4 is 11.9 Å². The van der Waals surface area contributed by atoms with Gasteiger partial charge in [0.15, 0.2) is 11.5 Å². The summed E-state index contributed by atoms with van der Waals surface area (Å²) in [7, 11) is 4.83. The summed E-state index contributed by atoms with van der Waals surface area (Å²) in [5, 5.41) is 2.95. The van der Waals surface area contributed by atoms with Crippen molar-refractivity contribution in [3.8, 4) is 11.5 Å². The fourth-order valence-corrected chi connectivity index (χ4v) is 3.91. The molecule has 1 aromatic rings. The van der Waals surface area contributed by atoms with E-state index in [1.807, 2.05) is 17.0 Å². The SMILES string of the molecule is CCCCCCN1CC2=C(C1=O)[C@@H](c1cccc(OC)c1OC)NC(=O)N2C. The van der Waals surface area contributed by atoms with E-state index in [0.29, 0.717) is 30.2 Å². The van der Waals surface area contributed by atoms with Gasteiger partial charge in [-0.15, -0.1) is 0 Å². The van der Waals surface area contributed by atoms with Crippen molar-refractivity contribution in [2.75, 3.05) is 34.4 Å². The smallest absolute Gasteiger partial charge is 0.322 e. The lowest BCUT2D eigenvalue weighted by Crippen LogP contribution is -2.45. The van der Waals surface area contributed by atoms with Crippen LogP contribution < -0.4 is 14.8 Å². The van der Waals surface area contributed by atoms with Crippen LogP contribution in [0.15, 0.2) is 29.5 Å². The van der Waals surface area contributed by atoms with Gasteiger partial charge < -0.3 is 19.7 Å². The molecule has 0 saturated heterocycles. The summed E-state index contributed by atoms with van der Waals surface area (Å²) in [6.45, 7) is 3.34. The van der Waals surface area contributed by atoms with Gasteiger partial charge in [0.25, 0.3) is 5.91 Å². The van der Waals surface area contributed by atoms with E-state index in [-0.39, 0.29) is 11.9 Å². The van der Waals surface area contributed by atoms with E-state index in [1.54, 1.807) is 32.2 Å². The number of methoxy groups -OCH3 is 2. The molecule has 0 bridgehead atoms. The molecule has 1 N–H and O–H groups in total. The van der Waals surface area contributed by atoms with Crippen LogP contribution in [0, 0.1) is 0 Å². The van der Waals surface area contributed by atoms with E-state index in [4.69, 9.17) is 9.47 Å². The Bertz CT molecular complexity index is 790. The highest BCUT2D eigenvalue weighted by Crippen LogP contribution is 2.42. The number of likely N-dealkylation sites (N-methyl/N-ethyl adjacent to an activating group) is 1. The normalized spacial score (nSPS) is 19.1. The molecule has 2 heterocycles. The van der Waals surface area contributed by atoms with E-state index >= 15 is 0 Å². The zero-order valence-corrected chi connectivity index (χ0v) is 17.1. The standard InChI is InChI=1S/C21H29N3O4/c1-5-6-7-8-12-24-13-15-17(20(24)25)18(22-21(26)23(15)2)14-10-9-11-16(27-3)19(14)28-4/h9-11,18H,5-8,12-13H2,1-4H3,(H,22,26)/t18-/m1/s1. The van der Waals surface area contributed by atoms with Gasteiger partial charge in [-0.2, -0.15) is 0 Å². The molecule has 7 nitrogen and oxygen atoms in total. The van der Waals surface area contributed by atoms with Crippen LogP contribution in [0.1, 0.15) is 44.2 Å². The van der Waals surface area contributed by atoms with Gasteiger partial charge in [0, 0.05) is 19.2 Å². The summed E-state index contributed by atoms with van der Waals surface area (Å²) in [6, 6.07) is 4.71. The van der Waals surface area contributed by atoms with Crippen LogP contribution in [-0.2, 0) is 4.79 Å². The third-order valence-corrected chi connectivity index (χ3v) is 5.46. The molecule has 28 heavy (non-hydrogen) atoms. The minimum absolute atomic E-state index is 0.0202. The second-order valence-corrected chi connectivity index (χ2v) is 7.17. The molecule has 0 fully saturated rings. The Morgan fingerprint density at radius 1 is 1.14 bits per heavy atom. The highest BCUT2D eigenvalue weighted by atomic mass is 16.5. The van der Waals surface area contributed by atoms with E-state index < -0.39 is 6.04 Å². The predicted octanol–water partition coefficient (Wildman–Crippen LogP) is 3.08. The molecule has 0 unspecified atom stereocenters. The number of benzene rings is 1. The van der Waals surface area contributed by atoms with Gasteiger partial charge in [-0.05, 0) is 12.5 Å². The van der Waals surface area contributed by atoms with Crippen LogP contribution in [0.3, 0.4) is 0 Å². The number of carbonyl (C=O) groups excluding carboxylic acids is 2. The number of nitrogens with one attached hydrogen (secondary N) is 1. The minimum Gasteiger partial charge on any atom is -0.493 e. The third-order valence-electron chi connectivity index (χ3n) is 5.46. The van der Waals surface area contributed by atoms with Crippen LogP contribution in [0.2, 0.25) is 0 Å². The van der Waals surface area contributed by atoms with Crippen LogP contribution in [0.4, 0.5) is 4.79 Å². The first-order valence-electron chi connectivity index (χ1n) is 9.80. The van der Waals surface area contributed by atoms with Crippen molar-refractivity contribution in [1.82, 2.24) is 15.1 Å². The molecular weight excluding hydrogens is 358 g/mol. The second-order valence-electron chi connectivity index (χ2n) is 7.17. The van der Waals surface area contributed by atoms with Gasteiger partial charge in [-0.1, -0.05) is 38.3 Å². The summed E-state index contributed by atoms with van der Waals surface area (Å²) >= 11 is 0. The molecule has 2 aliphatic heterocycles. The largest absolute Gasteiger partial charge is 0.493 e. The molecule has 3 rings (SSSR count). The summed E-state index contributed by atoms with van der Waals surface area (Å²) in [5.41, 5.74) is 2.10. The van der Waals surface area contributed by atoms with Crippen molar-refractivity contribution in [2.24, 2.45) is 0 Å². The van der Waals surface area contributed by atoms with E-state index in [9.17, 15) is 9.59 Å². The number of para-hydroxylation sites is 1. The van der Waals surface area contributed by atoms with Crippen LogP contribution in [0.25, 0.3) is 0 Å². The molecule has 0 saturated carbocycles. The molecule has 2 aliphatic rings. The number of hydrogen-bond acceptors (Lipinski definition) is 4. The molecule has 1 aromatic carbocycles. The average Bonchev–Trinajstić information content (AvgIpc) is 3.04. The second kappa shape index (κ2) is 8.54. The number of hydrogen-bond donors (Lipinski definition) is 1. The van der Waals surface area contributed by atoms with E-state index in [0.717, 1.165) is 30.5 Å². The summed E-state index contributed by atoms with van der Waals surface area (Å²) in [4.78, 5) is 29.2. The number of unbranched alkanes of at least 4 members (excludes halogenated alkanes) is 3. The maximum Gasteiger partial charge on any atom is 0.322 e. The van der Waals surface area contributed by atoms with Crippen LogP contribution >= 0.6 is 0 Å². The fourth-order valence-electron chi connectivity index (χ4n) is 3.91. The number of urea groups is 1. The maximum absolute atomic E-state index is 13.2. The summed E-state index contributed by atoms with van der Waals surface area (Å²) in [6.07, 6.45) is 4.39. The van der Waals surface area contributed by atoms with Gasteiger partial charge in [0.05, 0.1) is 38.1 Å². The fraction of sp³-hybridized carbons (Fsp3) is 0.524. The lowest BCUT2D eigenvalue weighted by atomic mass is 9.94. The van der Waals surface area contributed by atoms with E-state index in [1.165, 1.54) is 6.42 Å². The molecule has 0 aromatic heterocycles. The average molecular weight is 387 g/mol. The molecular formula is C21H29N3O4. The molecule has 0 spiro atoms. The predicted molar refractivity (Wildman–Crippen MR) is 106 cm³/mol. The van der Waals surface area contributed by atoms with Crippen molar-refractivity contribution in [3.05, 3.63) is 35.0 Å². The summed E-state index contributed by atoms with van der Waals surface area (Å²) in [5.74, 6) is 1.08. The molecule has 0 aliphatic carbocycles. The number of rotatable bonds is 8. The van der Waals surface area contributed by atoms with Crippen molar-refractivity contribution in [3.63, 3.8) is 0 Å². The highest BCUT2D eigenvalue weighted by molar-refractivity contribution is 6.01. The van der Waals surface area contributed by atoms with Crippen molar-refractivity contribution < 1.29 is 19.1 Å². The Balaban J connectivity index is 1.93. The molecule has 7 heteroatoms. The number of carbonyl (C=O) groups is 2. The Morgan fingerprint density at radius 2 is 1.93 bits per heavy atom. The van der Waals surface area contributed by atoms with Gasteiger partial charge in [0.2, 0.25) is 0 Å². The first kappa shape index (κ1) is 20.0. The van der Waals surface area contributed by atoms with Crippen molar-refractivity contribution in [2.45, 2.75) is 38.6 Å². The quantitative estimate of drug-likeness (QED) is 0.696. The first-order valence-corrected chi connectivity index (χ1v) is 9.80. The maximum atomic E-state index is 13.2. The molecule has 0 radical (unpaired) electrons. The Hall–Kier alpha value is -2.70. The Morgan fingerprint density at radius 3 is 2.61 bits per heavy atom. The van der Waals surface area contributed by atoms with Crippen LogP contribution in [0.5, 0.6) is 11.5 Å². The zero-order valence-electron chi connectivity index (χ0n) is 17.1. The molecule has 3 amide bonds. The van der Waals surface area contributed by atoms with Gasteiger partial charge in [0.1, 0.15) is 0 Å². The first-order chi connectivity index (χ1) is 13.5. The lowest BCUT2D eigenvalue weighted by Gasteiger charge is -2.31. The monoisotopic (exact) mass is 387 g/mol. The zero-order chi connectivity index (χ0) is 20.3. The van der Waals surface area contributed by atoms with E-state index in [2.05, 4.69) is 12.2 Å². The van der Waals surface area contributed by atoms with Gasteiger partial charge in [-0.3, -0.25) is 9.69 Å². The van der Waals surface area contributed by atoms with Gasteiger partial charge >= 0.3 is 6.03 Å². The summed E-state index contributed by atoms with van der Waals surface area (Å²) < 4.78 is 10.9. The van der Waals surface area contributed by atoms with Crippen LogP contribution in [-0.4, -0.2) is 56.1 Å². The lowest BCUT2D eigenvalue weighted by molar-refractivity contribution is -0.125. The van der Waals surface area contributed by atoms with Gasteiger partial charge in [-0.25, -0.2) is 4.79 Å². The highest BCUT2D eigenvalue weighted by Gasteiger charge is 2.43.